The Bertz CT molecular complexity index is 1100. The van der Waals surface area contributed by atoms with Gasteiger partial charge in [-0.1, -0.05) is 22.9 Å². The topological polar surface area (TPSA) is 62.1 Å². The standard InChI is InChI=1S/C21H23ClN2O4S/c1-5-28-11-10-24-19-13(2)16(22)8-9-18(19)29-21(24)23-20(25)15-7-6-14(26-3)12-17(15)27-4/h6-9,12H,5,10-11H2,1-4H3. The highest BCUT2D eigenvalue weighted by Crippen LogP contribution is 2.28. The number of carbonyl (C=O) groups excluding carboxylic acids is 1. The van der Waals surface area contributed by atoms with Crippen molar-refractivity contribution in [3.05, 3.63) is 51.3 Å². The van der Waals surface area contributed by atoms with Crippen LogP contribution in [0.25, 0.3) is 10.2 Å². The number of methoxy groups -OCH3 is 2. The average molecular weight is 435 g/mol. The number of benzene rings is 2. The largest absolute Gasteiger partial charge is 0.497 e. The Hall–Kier alpha value is -2.35. The zero-order valence-electron chi connectivity index (χ0n) is 16.8. The van der Waals surface area contributed by atoms with E-state index in [9.17, 15) is 4.79 Å². The van der Waals surface area contributed by atoms with Crippen LogP contribution in [0.3, 0.4) is 0 Å². The van der Waals surface area contributed by atoms with Crippen molar-refractivity contribution in [2.24, 2.45) is 4.99 Å². The molecule has 0 saturated heterocycles. The van der Waals surface area contributed by atoms with Gasteiger partial charge in [-0.3, -0.25) is 4.79 Å². The van der Waals surface area contributed by atoms with Crippen molar-refractivity contribution < 1.29 is 19.0 Å². The summed E-state index contributed by atoms with van der Waals surface area (Å²) in [4.78, 5) is 17.9. The number of fused-ring (bicyclic) bond motifs is 1. The van der Waals surface area contributed by atoms with E-state index in [2.05, 4.69) is 4.99 Å². The van der Waals surface area contributed by atoms with E-state index in [1.54, 1.807) is 25.3 Å². The maximum absolute atomic E-state index is 13.0. The van der Waals surface area contributed by atoms with Gasteiger partial charge in [0, 0.05) is 24.2 Å². The number of rotatable bonds is 7. The third-order valence-electron chi connectivity index (χ3n) is 4.53. The molecule has 0 N–H and O–H groups in total. The fourth-order valence-electron chi connectivity index (χ4n) is 3.03. The number of amides is 1. The van der Waals surface area contributed by atoms with Gasteiger partial charge < -0.3 is 18.8 Å². The number of thiazole rings is 1. The van der Waals surface area contributed by atoms with Gasteiger partial charge in [-0.2, -0.15) is 4.99 Å². The summed E-state index contributed by atoms with van der Waals surface area (Å²) in [6.07, 6.45) is 0. The Morgan fingerprint density at radius 2 is 2.00 bits per heavy atom. The SMILES string of the molecule is CCOCCn1c(=NC(=O)c2ccc(OC)cc2OC)sc2ccc(Cl)c(C)c21. The zero-order chi connectivity index (χ0) is 21.0. The van der Waals surface area contributed by atoms with Gasteiger partial charge in [0.05, 0.1) is 36.6 Å². The lowest BCUT2D eigenvalue weighted by Gasteiger charge is -2.09. The molecular formula is C21H23ClN2O4S. The zero-order valence-corrected chi connectivity index (χ0v) is 18.4. The van der Waals surface area contributed by atoms with E-state index >= 15 is 0 Å². The average Bonchev–Trinajstić information content (AvgIpc) is 3.08. The first-order valence-electron chi connectivity index (χ1n) is 9.17. The first-order chi connectivity index (χ1) is 14.0. The molecule has 0 fully saturated rings. The summed E-state index contributed by atoms with van der Waals surface area (Å²) in [6.45, 7) is 5.62. The molecular weight excluding hydrogens is 412 g/mol. The Morgan fingerprint density at radius 1 is 1.21 bits per heavy atom. The molecule has 0 bridgehead atoms. The summed E-state index contributed by atoms with van der Waals surface area (Å²) in [5, 5.41) is 0.676. The van der Waals surface area contributed by atoms with Crippen molar-refractivity contribution in [1.82, 2.24) is 4.57 Å². The smallest absolute Gasteiger partial charge is 0.283 e. The minimum atomic E-state index is -0.384. The molecule has 6 nitrogen and oxygen atoms in total. The van der Waals surface area contributed by atoms with Crippen molar-refractivity contribution >= 4 is 39.1 Å². The second-order valence-corrected chi connectivity index (χ2v) is 7.65. The molecule has 1 heterocycles. The lowest BCUT2D eigenvalue weighted by molar-refractivity contribution is 0.0993. The van der Waals surface area contributed by atoms with Crippen LogP contribution < -0.4 is 14.3 Å². The summed E-state index contributed by atoms with van der Waals surface area (Å²) in [7, 11) is 3.07. The number of aryl methyl sites for hydroxylation is 1. The number of nitrogens with zero attached hydrogens (tertiary/aromatic N) is 2. The molecule has 3 aromatic rings. The predicted octanol–water partition coefficient (Wildman–Crippen LogP) is 4.46. The highest BCUT2D eigenvalue weighted by atomic mass is 35.5. The van der Waals surface area contributed by atoms with Crippen LogP contribution in [0.4, 0.5) is 0 Å². The maximum Gasteiger partial charge on any atom is 0.283 e. The van der Waals surface area contributed by atoms with Gasteiger partial charge >= 0.3 is 0 Å². The number of carbonyl (C=O) groups is 1. The molecule has 0 spiro atoms. The first-order valence-corrected chi connectivity index (χ1v) is 10.4. The Morgan fingerprint density at radius 3 is 2.69 bits per heavy atom. The lowest BCUT2D eigenvalue weighted by atomic mass is 10.2. The van der Waals surface area contributed by atoms with Crippen LogP contribution in [-0.4, -0.2) is 37.9 Å². The molecule has 2 aromatic carbocycles. The van der Waals surface area contributed by atoms with Crippen LogP contribution in [0, 0.1) is 6.92 Å². The van der Waals surface area contributed by atoms with Crippen molar-refractivity contribution in [3.63, 3.8) is 0 Å². The van der Waals surface area contributed by atoms with E-state index in [0.29, 0.717) is 46.6 Å². The van der Waals surface area contributed by atoms with Crippen LogP contribution in [-0.2, 0) is 11.3 Å². The fourth-order valence-corrected chi connectivity index (χ4v) is 4.30. The molecule has 0 unspecified atom stereocenters. The Balaban J connectivity index is 2.13. The predicted molar refractivity (Wildman–Crippen MR) is 115 cm³/mol. The molecule has 0 saturated carbocycles. The summed E-state index contributed by atoms with van der Waals surface area (Å²) < 4.78 is 19.1. The number of ether oxygens (including phenoxy) is 3. The highest BCUT2D eigenvalue weighted by molar-refractivity contribution is 7.16. The van der Waals surface area contributed by atoms with Crippen LogP contribution in [0.1, 0.15) is 22.8 Å². The molecule has 8 heteroatoms. The van der Waals surface area contributed by atoms with Crippen molar-refractivity contribution in [3.8, 4) is 11.5 Å². The van der Waals surface area contributed by atoms with E-state index in [-0.39, 0.29) is 5.91 Å². The van der Waals surface area contributed by atoms with Crippen LogP contribution >= 0.6 is 22.9 Å². The van der Waals surface area contributed by atoms with E-state index in [0.717, 1.165) is 15.8 Å². The molecule has 1 aromatic heterocycles. The van der Waals surface area contributed by atoms with Gasteiger partial charge in [0.15, 0.2) is 4.80 Å². The van der Waals surface area contributed by atoms with E-state index in [4.69, 9.17) is 25.8 Å². The fraction of sp³-hybridized carbons (Fsp3) is 0.333. The summed E-state index contributed by atoms with van der Waals surface area (Å²) in [5.74, 6) is 0.640. The molecule has 3 rings (SSSR count). The number of hydrogen-bond donors (Lipinski definition) is 0. The minimum absolute atomic E-state index is 0.372. The van der Waals surface area contributed by atoms with Gasteiger partial charge in [0.1, 0.15) is 11.5 Å². The second kappa shape index (κ2) is 9.43. The molecule has 154 valence electrons. The third-order valence-corrected chi connectivity index (χ3v) is 5.98. The molecule has 1 amide bonds. The van der Waals surface area contributed by atoms with E-state index < -0.39 is 0 Å². The molecule has 0 radical (unpaired) electrons. The van der Waals surface area contributed by atoms with Gasteiger partial charge in [-0.15, -0.1) is 0 Å². The van der Waals surface area contributed by atoms with Crippen molar-refractivity contribution in [2.45, 2.75) is 20.4 Å². The number of halogens is 1. The molecule has 0 aliphatic heterocycles. The van der Waals surface area contributed by atoms with E-state index in [1.165, 1.54) is 18.4 Å². The first kappa shape index (κ1) is 21.4. The van der Waals surface area contributed by atoms with Crippen LogP contribution in [0.5, 0.6) is 11.5 Å². The monoisotopic (exact) mass is 434 g/mol. The number of aromatic nitrogens is 1. The highest BCUT2D eigenvalue weighted by Gasteiger charge is 2.16. The van der Waals surface area contributed by atoms with Gasteiger partial charge in [0.25, 0.3) is 5.91 Å². The van der Waals surface area contributed by atoms with Gasteiger partial charge in [-0.25, -0.2) is 0 Å². The molecule has 0 aliphatic carbocycles. The summed E-state index contributed by atoms with van der Waals surface area (Å²) >= 11 is 7.78. The van der Waals surface area contributed by atoms with E-state index in [1.807, 2.05) is 30.5 Å². The summed E-state index contributed by atoms with van der Waals surface area (Å²) in [5.41, 5.74) is 2.29. The normalized spacial score (nSPS) is 11.8. The summed E-state index contributed by atoms with van der Waals surface area (Å²) in [6, 6.07) is 8.85. The third kappa shape index (κ3) is 4.47. The van der Waals surface area contributed by atoms with Crippen LogP contribution in [0.15, 0.2) is 35.3 Å². The lowest BCUT2D eigenvalue weighted by Crippen LogP contribution is -2.20. The molecule has 0 atom stereocenters. The quantitative estimate of drug-likeness (QED) is 0.515. The molecule has 29 heavy (non-hydrogen) atoms. The van der Waals surface area contributed by atoms with Gasteiger partial charge in [-0.05, 0) is 43.7 Å². The van der Waals surface area contributed by atoms with Crippen LogP contribution in [0.2, 0.25) is 5.02 Å². The minimum Gasteiger partial charge on any atom is -0.497 e. The Kier molecular flexibility index (Phi) is 6.95. The maximum atomic E-state index is 13.0. The van der Waals surface area contributed by atoms with Crippen molar-refractivity contribution in [1.29, 1.82) is 0 Å². The molecule has 0 aliphatic rings. The Labute approximate surface area is 178 Å². The van der Waals surface area contributed by atoms with Gasteiger partial charge in [0.2, 0.25) is 0 Å². The second-order valence-electron chi connectivity index (χ2n) is 6.24. The number of hydrogen-bond acceptors (Lipinski definition) is 5. The van der Waals surface area contributed by atoms with Crippen molar-refractivity contribution in [2.75, 3.05) is 27.4 Å².